The molecule has 0 radical (unpaired) electrons. The third-order valence-corrected chi connectivity index (χ3v) is 4.40. The Morgan fingerprint density at radius 3 is 2.54 bits per heavy atom. The molecule has 2 aromatic rings. The number of rotatable bonds is 5. The number of halogens is 1. The molecule has 0 aliphatic carbocycles. The Morgan fingerprint density at radius 2 is 1.92 bits per heavy atom. The Morgan fingerprint density at radius 1 is 1.25 bits per heavy atom. The number of nitrogens with zero attached hydrogens (tertiary/aromatic N) is 3. The summed E-state index contributed by atoms with van der Waals surface area (Å²) in [4.78, 5) is 10.9. The number of anilines is 2. The van der Waals surface area contributed by atoms with Crippen LogP contribution >= 0.6 is 11.6 Å². The molecule has 1 aromatic heterocycles. The molecule has 24 heavy (non-hydrogen) atoms. The predicted octanol–water partition coefficient (Wildman–Crippen LogP) is 2.43. The van der Waals surface area contributed by atoms with Gasteiger partial charge in [-0.1, -0.05) is 11.6 Å². The summed E-state index contributed by atoms with van der Waals surface area (Å²) in [6.45, 7) is 5.73. The Balaban J connectivity index is 1.81. The van der Waals surface area contributed by atoms with Crippen LogP contribution in [0.25, 0.3) is 0 Å². The van der Waals surface area contributed by atoms with E-state index in [2.05, 4.69) is 20.2 Å². The van der Waals surface area contributed by atoms with E-state index in [0.717, 1.165) is 30.4 Å². The molecule has 1 aliphatic heterocycles. The molecular weight excluding hydrogens is 326 g/mol. The molecule has 2 heterocycles. The van der Waals surface area contributed by atoms with Crippen molar-refractivity contribution in [2.45, 2.75) is 25.5 Å². The van der Waals surface area contributed by atoms with Crippen LogP contribution in [0.2, 0.25) is 5.02 Å². The molecule has 0 saturated carbocycles. The van der Waals surface area contributed by atoms with Crippen LogP contribution in [0, 0.1) is 0 Å². The van der Waals surface area contributed by atoms with Crippen molar-refractivity contribution in [3.8, 4) is 5.75 Å². The second-order valence-electron chi connectivity index (χ2n) is 6.43. The fourth-order valence-electron chi connectivity index (χ4n) is 2.62. The van der Waals surface area contributed by atoms with E-state index in [-0.39, 0.29) is 5.95 Å². The van der Waals surface area contributed by atoms with Crippen molar-refractivity contribution in [2.24, 2.45) is 0 Å². The molecule has 1 aliphatic rings. The minimum absolute atomic E-state index is 0.253. The maximum Gasteiger partial charge on any atom is 0.222 e. The quantitative estimate of drug-likeness (QED) is 0.865. The molecule has 1 fully saturated rings. The molecule has 6 nitrogen and oxygen atoms in total. The van der Waals surface area contributed by atoms with Crippen molar-refractivity contribution in [1.29, 1.82) is 0 Å². The van der Waals surface area contributed by atoms with E-state index in [0.29, 0.717) is 11.1 Å². The van der Waals surface area contributed by atoms with Gasteiger partial charge in [0.2, 0.25) is 5.95 Å². The maximum absolute atomic E-state index is 6.09. The van der Waals surface area contributed by atoms with E-state index >= 15 is 0 Å². The van der Waals surface area contributed by atoms with E-state index in [4.69, 9.17) is 22.1 Å². The lowest BCUT2D eigenvalue weighted by Crippen LogP contribution is -2.57. The SMILES string of the molecule is CNC1CN(c2cc(C(C)(C)Oc3ccc(Cl)cc3)nc(N)n2)C1. The lowest BCUT2D eigenvalue weighted by Gasteiger charge is -2.40. The lowest BCUT2D eigenvalue weighted by molar-refractivity contribution is 0.104. The van der Waals surface area contributed by atoms with Gasteiger partial charge in [0, 0.05) is 30.2 Å². The summed E-state index contributed by atoms with van der Waals surface area (Å²) in [6.07, 6.45) is 0. The van der Waals surface area contributed by atoms with Gasteiger partial charge in [-0.3, -0.25) is 0 Å². The van der Waals surface area contributed by atoms with E-state index in [1.54, 1.807) is 12.1 Å². The normalized spacial score (nSPS) is 15.2. The van der Waals surface area contributed by atoms with E-state index in [9.17, 15) is 0 Å². The van der Waals surface area contributed by atoms with Crippen LogP contribution in [0.3, 0.4) is 0 Å². The standard InChI is InChI=1S/C17H22ClN5O/c1-17(2,24-13-6-4-11(18)5-7-13)14-8-15(22-16(19)21-14)23-9-12(10-23)20-3/h4-8,12,20H,9-10H2,1-3H3,(H2,19,21,22). The smallest absolute Gasteiger partial charge is 0.222 e. The highest BCUT2D eigenvalue weighted by atomic mass is 35.5. The average Bonchev–Trinajstić information content (AvgIpc) is 2.48. The number of benzene rings is 1. The molecule has 0 bridgehead atoms. The number of hydrogen-bond acceptors (Lipinski definition) is 6. The summed E-state index contributed by atoms with van der Waals surface area (Å²) < 4.78 is 6.09. The van der Waals surface area contributed by atoms with Crippen LogP contribution in [0.4, 0.5) is 11.8 Å². The minimum atomic E-state index is -0.646. The highest BCUT2D eigenvalue weighted by molar-refractivity contribution is 6.30. The van der Waals surface area contributed by atoms with Gasteiger partial charge in [-0.25, -0.2) is 4.98 Å². The molecule has 1 saturated heterocycles. The zero-order valence-electron chi connectivity index (χ0n) is 14.1. The van der Waals surface area contributed by atoms with Crippen molar-refractivity contribution >= 4 is 23.4 Å². The second-order valence-corrected chi connectivity index (χ2v) is 6.86. The first-order valence-electron chi connectivity index (χ1n) is 7.89. The van der Waals surface area contributed by atoms with Gasteiger partial charge in [0.25, 0.3) is 0 Å². The number of nitrogens with two attached hydrogens (primary N) is 1. The summed E-state index contributed by atoms with van der Waals surface area (Å²) in [7, 11) is 1.96. The van der Waals surface area contributed by atoms with Gasteiger partial charge >= 0.3 is 0 Å². The number of nitrogens with one attached hydrogen (secondary N) is 1. The van der Waals surface area contributed by atoms with Gasteiger partial charge in [-0.2, -0.15) is 4.98 Å². The highest BCUT2D eigenvalue weighted by Crippen LogP contribution is 2.30. The molecule has 0 spiro atoms. The summed E-state index contributed by atoms with van der Waals surface area (Å²) in [5.41, 5.74) is 6.01. The largest absolute Gasteiger partial charge is 0.482 e. The van der Waals surface area contributed by atoms with Crippen LogP contribution < -0.4 is 20.7 Å². The first-order chi connectivity index (χ1) is 11.4. The van der Waals surface area contributed by atoms with Gasteiger partial charge in [0.1, 0.15) is 17.2 Å². The fraction of sp³-hybridized carbons (Fsp3) is 0.412. The third kappa shape index (κ3) is 3.55. The van der Waals surface area contributed by atoms with Crippen LogP contribution in [-0.2, 0) is 5.60 Å². The summed E-state index contributed by atoms with van der Waals surface area (Å²) in [5, 5.41) is 3.92. The molecule has 0 atom stereocenters. The average molecular weight is 348 g/mol. The Kier molecular flexibility index (Phi) is 4.51. The van der Waals surface area contributed by atoms with Gasteiger partial charge in [0.05, 0.1) is 5.69 Å². The van der Waals surface area contributed by atoms with Crippen molar-refractivity contribution in [2.75, 3.05) is 30.8 Å². The molecule has 3 rings (SSSR count). The van der Waals surface area contributed by atoms with E-state index in [1.165, 1.54) is 0 Å². The van der Waals surface area contributed by atoms with Crippen molar-refractivity contribution < 1.29 is 4.74 Å². The van der Waals surface area contributed by atoms with Crippen LogP contribution in [0.5, 0.6) is 5.75 Å². The van der Waals surface area contributed by atoms with Crippen molar-refractivity contribution in [3.05, 3.63) is 41.0 Å². The summed E-state index contributed by atoms with van der Waals surface area (Å²) in [5.74, 6) is 1.81. The zero-order chi connectivity index (χ0) is 17.3. The first kappa shape index (κ1) is 16.8. The van der Waals surface area contributed by atoms with E-state index < -0.39 is 5.60 Å². The third-order valence-electron chi connectivity index (χ3n) is 4.15. The van der Waals surface area contributed by atoms with Gasteiger partial charge < -0.3 is 20.7 Å². The number of aromatic nitrogens is 2. The molecule has 7 heteroatoms. The van der Waals surface area contributed by atoms with Crippen molar-refractivity contribution in [3.63, 3.8) is 0 Å². The topological polar surface area (TPSA) is 76.3 Å². The number of ether oxygens (including phenoxy) is 1. The maximum atomic E-state index is 6.09. The lowest BCUT2D eigenvalue weighted by atomic mass is 10.0. The minimum Gasteiger partial charge on any atom is -0.482 e. The van der Waals surface area contributed by atoms with Crippen LogP contribution in [0.1, 0.15) is 19.5 Å². The predicted molar refractivity (Wildman–Crippen MR) is 96.6 cm³/mol. The summed E-state index contributed by atoms with van der Waals surface area (Å²) in [6, 6.07) is 9.70. The van der Waals surface area contributed by atoms with Gasteiger partial charge in [-0.15, -0.1) is 0 Å². The van der Waals surface area contributed by atoms with Crippen LogP contribution in [-0.4, -0.2) is 36.1 Å². The van der Waals surface area contributed by atoms with Crippen LogP contribution in [0.15, 0.2) is 30.3 Å². The summed E-state index contributed by atoms with van der Waals surface area (Å²) >= 11 is 5.92. The highest BCUT2D eigenvalue weighted by Gasteiger charge is 2.30. The van der Waals surface area contributed by atoms with Gasteiger partial charge in [0.15, 0.2) is 0 Å². The number of hydrogen-bond donors (Lipinski definition) is 2. The number of likely N-dealkylation sites (N-methyl/N-ethyl adjacent to an activating group) is 1. The molecule has 1 aromatic carbocycles. The molecule has 128 valence electrons. The Bertz CT molecular complexity index is 713. The fourth-order valence-corrected chi connectivity index (χ4v) is 2.75. The Labute approximate surface area is 147 Å². The molecule has 3 N–H and O–H groups in total. The number of nitrogen functional groups attached to an aromatic ring is 1. The zero-order valence-corrected chi connectivity index (χ0v) is 14.8. The molecule has 0 amide bonds. The van der Waals surface area contributed by atoms with Gasteiger partial charge in [-0.05, 0) is 45.2 Å². The Hall–Kier alpha value is -2.05. The first-order valence-corrected chi connectivity index (χ1v) is 8.27. The van der Waals surface area contributed by atoms with E-state index in [1.807, 2.05) is 39.1 Å². The molecule has 0 unspecified atom stereocenters. The second kappa shape index (κ2) is 6.45. The molecular formula is C17H22ClN5O. The monoisotopic (exact) mass is 347 g/mol. The van der Waals surface area contributed by atoms with Crippen molar-refractivity contribution in [1.82, 2.24) is 15.3 Å².